The first-order valence-corrected chi connectivity index (χ1v) is 6.72. The number of halogens is 2. The Balaban J connectivity index is 2.83. The van der Waals surface area contributed by atoms with Crippen LogP contribution in [0.15, 0.2) is 18.2 Å². The molecule has 0 saturated carbocycles. The van der Waals surface area contributed by atoms with Crippen LogP contribution in [0.1, 0.15) is 42.2 Å². The van der Waals surface area contributed by atoms with Gasteiger partial charge in [0.15, 0.2) is 0 Å². The van der Waals surface area contributed by atoms with Crippen LogP contribution < -0.4 is 0 Å². The minimum absolute atomic E-state index is 0.175. The van der Waals surface area contributed by atoms with Gasteiger partial charge in [0, 0.05) is 16.1 Å². The molecule has 19 heavy (non-hydrogen) atoms. The maximum absolute atomic E-state index is 11.4. The lowest BCUT2D eigenvalue weighted by molar-refractivity contribution is 0.0699. The molecular formula is C14H13Cl2NO2. The average Bonchev–Trinajstić information content (AvgIpc) is 2.36. The van der Waals surface area contributed by atoms with Gasteiger partial charge in [-0.1, -0.05) is 37.0 Å². The maximum atomic E-state index is 11.4. The van der Waals surface area contributed by atoms with Crippen LogP contribution >= 0.6 is 23.2 Å². The lowest BCUT2D eigenvalue weighted by Crippen LogP contribution is -2.04. The Hall–Kier alpha value is -1.32. The normalized spacial score (nSPS) is 12.6. The van der Waals surface area contributed by atoms with Gasteiger partial charge in [0.2, 0.25) is 0 Å². The summed E-state index contributed by atoms with van der Waals surface area (Å²) in [6, 6.07) is 4.76. The van der Waals surface area contributed by atoms with Crippen molar-refractivity contribution in [3.8, 4) is 0 Å². The number of hydrogen-bond acceptors (Lipinski definition) is 2. The molecule has 1 aromatic carbocycles. The Labute approximate surface area is 121 Å². The topological polar surface area (TPSA) is 50.2 Å². The number of carboxylic acids is 1. The Bertz CT molecular complexity index is 655. The summed E-state index contributed by atoms with van der Waals surface area (Å²) in [6.45, 7) is 4.03. The summed E-state index contributed by atoms with van der Waals surface area (Å²) >= 11 is 12.0. The van der Waals surface area contributed by atoms with E-state index in [2.05, 4.69) is 4.98 Å². The van der Waals surface area contributed by atoms with Crippen LogP contribution in [0.4, 0.5) is 0 Å². The van der Waals surface area contributed by atoms with Gasteiger partial charge in [-0.3, -0.25) is 4.98 Å². The first kappa shape index (κ1) is 14.1. The van der Waals surface area contributed by atoms with Crippen molar-refractivity contribution in [1.82, 2.24) is 4.98 Å². The molecular weight excluding hydrogens is 285 g/mol. The fourth-order valence-corrected chi connectivity index (χ4v) is 2.45. The maximum Gasteiger partial charge on any atom is 0.336 e. The molecule has 0 bridgehead atoms. The van der Waals surface area contributed by atoms with Crippen LogP contribution in [0.3, 0.4) is 0 Å². The minimum Gasteiger partial charge on any atom is -0.478 e. The molecule has 0 spiro atoms. The molecule has 2 aromatic rings. The zero-order valence-corrected chi connectivity index (χ0v) is 12.1. The number of aromatic carboxylic acids is 1. The fraction of sp³-hybridized carbons (Fsp3) is 0.286. The van der Waals surface area contributed by atoms with E-state index in [4.69, 9.17) is 23.2 Å². The van der Waals surface area contributed by atoms with Gasteiger partial charge < -0.3 is 5.11 Å². The summed E-state index contributed by atoms with van der Waals surface area (Å²) in [5, 5.41) is 10.6. The number of carbonyl (C=O) groups is 1. The van der Waals surface area contributed by atoms with Crippen molar-refractivity contribution in [2.24, 2.45) is 0 Å². The molecule has 0 saturated heterocycles. The summed E-state index contributed by atoms with van der Waals surface area (Å²) in [7, 11) is 0. The number of carboxylic acid groups (broad SMARTS) is 1. The van der Waals surface area contributed by atoms with Crippen LogP contribution in [-0.2, 0) is 0 Å². The van der Waals surface area contributed by atoms with Crippen molar-refractivity contribution in [3.63, 3.8) is 0 Å². The van der Waals surface area contributed by atoms with Crippen LogP contribution in [0.5, 0.6) is 0 Å². The second-order valence-electron chi connectivity index (χ2n) is 4.49. The zero-order valence-electron chi connectivity index (χ0n) is 10.6. The SMILES string of the molecule is CCC(C)c1cc(C(=O)O)c2cc(Cl)cc(Cl)c2n1. The van der Waals surface area contributed by atoms with E-state index in [0.717, 1.165) is 12.1 Å². The van der Waals surface area contributed by atoms with Crippen LogP contribution in [-0.4, -0.2) is 16.1 Å². The number of pyridine rings is 1. The number of rotatable bonds is 3. The predicted octanol–water partition coefficient (Wildman–Crippen LogP) is 4.75. The van der Waals surface area contributed by atoms with E-state index in [-0.39, 0.29) is 11.5 Å². The van der Waals surface area contributed by atoms with E-state index in [1.807, 2.05) is 13.8 Å². The highest BCUT2D eigenvalue weighted by atomic mass is 35.5. The average molecular weight is 298 g/mol. The third kappa shape index (κ3) is 2.67. The first-order chi connectivity index (χ1) is 8.93. The molecule has 1 aromatic heterocycles. The zero-order chi connectivity index (χ0) is 14.2. The van der Waals surface area contributed by atoms with E-state index >= 15 is 0 Å². The van der Waals surface area contributed by atoms with E-state index in [0.29, 0.717) is 20.9 Å². The Morgan fingerprint density at radius 2 is 2.05 bits per heavy atom. The van der Waals surface area contributed by atoms with Crippen molar-refractivity contribution < 1.29 is 9.90 Å². The van der Waals surface area contributed by atoms with E-state index in [9.17, 15) is 9.90 Å². The molecule has 0 radical (unpaired) electrons. The molecule has 1 N–H and O–H groups in total. The summed E-state index contributed by atoms with van der Waals surface area (Å²) in [4.78, 5) is 15.9. The van der Waals surface area contributed by atoms with Crippen molar-refractivity contribution in [1.29, 1.82) is 0 Å². The molecule has 0 fully saturated rings. The lowest BCUT2D eigenvalue weighted by Gasteiger charge is -2.12. The van der Waals surface area contributed by atoms with Crippen LogP contribution in [0.2, 0.25) is 10.0 Å². The highest BCUT2D eigenvalue weighted by Crippen LogP contribution is 2.31. The van der Waals surface area contributed by atoms with Crippen molar-refractivity contribution in [2.75, 3.05) is 0 Å². The Morgan fingerprint density at radius 3 is 2.63 bits per heavy atom. The number of hydrogen-bond donors (Lipinski definition) is 1. The standard InChI is InChI=1S/C14H13Cl2NO2/c1-3-7(2)12-6-10(14(18)19)9-4-8(15)5-11(16)13(9)17-12/h4-7H,3H2,1-2H3,(H,18,19). The van der Waals surface area contributed by atoms with Gasteiger partial charge in [-0.05, 0) is 30.5 Å². The smallest absolute Gasteiger partial charge is 0.336 e. The monoisotopic (exact) mass is 297 g/mol. The Morgan fingerprint density at radius 1 is 1.37 bits per heavy atom. The molecule has 5 heteroatoms. The van der Waals surface area contributed by atoms with Gasteiger partial charge in [-0.25, -0.2) is 4.79 Å². The fourth-order valence-electron chi connectivity index (χ4n) is 1.91. The number of fused-ring (bicyclic) bond motifs is 1. The predicted molar refractivity (Wildman–Crippen MR) is 77.4 cm³/mol. The van der Waals surface area contributed by atoms with E-state index < -0.39 is 5.97 Å². The molecule has 0 aliphatic rings. The summed E-state index contributed by atoms with van der Waals surface area (Å²) in [6.07, 6.45) is 0.878. The number of aromatic nitrogens is 1. The third-order valence-electron chi connectivity index (χ3n) is 3.20. The molecule has 1 heterocycles. The molecule has 3 nitrogen and oxygen atoms in total. The van der Waals surface area contributed by atoms with E-state index in [1.54, 1.807) is 18.2 Å². The van der Waals surface area contributed by atoms with Crippen LogP contribution in [0.25, 0.3) is 10.9 Å². The summed E-state index contributed by atoms with van der Waals surface area (Å²) in [5.41, 5.74) is 1.41. The molecule has 1 atom stereocenters. The second kappa shape index (κ2) is 5.35. The lowest BCUT2D eigenvalue weighted by atomic mass is 10.00. The molecule has 1 unspecified atom stereocenters. The van der Waals surface area contributed by atoms with Gasteiger partial charge in [0.05, 0.1) is 16.1 Å². The van der Waals surface area contributed by atoms with E-state index in [1.165, 1.54) is 0 Å². The molecule has 0 aliphatic heterocycles. The first-order valence-electron chi connectivity index (χ1n) is 5.97. The second-order valence-corrected chi connectivity index (χ2v) is 5.34. The number of nitrogens with zero attached hydrogens (tertiary/aromatic N) is 1. The van der Waals surface area contributed by atoms with Crippen molar-refractivity contribution in [2.45, 2.75) is 26.2 Å². The summed E-state index contributed by atoms with van der Waals surface area (Å²) in [5.74, 6) is -0.829. The van der Waals surface area contributed by atoms with Gasteiger partial charge >= 0.3 is 5.97 Å². The molecule has 0 amide bonds. The third-order valence-corrected chi connectivity index (χ3v) is 3.71. The number of benzene rings is 1. The highest BCUT2D eigenvalue weighted by Gasteiger charge is 2.17. The molecule has 2 rings (SSSR count). The molecule has 100 valence electrons. The Kier molecular flexibility index (Phi) is 3.97. The largest absolute Gasteiger partial charge is 0.478 e. The van der Waals surface area contributed by atoms with Gasteiger partial charge in [-0.15, -0.1) is 0 Å². The quantitative estimate of drug-likeness (QED) is 0.889. The van der Waals surface area contributed by atoms with Crippen molar-refractivity contribution in [3.05, 3.63) is 39.5 Å². The van der Waals surface area contributed by atoms with Crippen molar-refractivity contribution >= 4 is 40.1 Å². The highest BCUT2D eigenvalue weighted by molar-refractivity contribution is 6.38. The van der Waals surface area contributed by atoms with Crippen LogP contribution in [0, 0.1) is 0 Å². The van der Waals surface area contributed by atoms with Gasteiger partial charge in [-0.2, -0.15) is 0 Å². The van der Waals surface area contributed by atoms with Gasteiger partial charge in [0.25, 0.3) is 0 Å². The van der Waals surface area contributed by atoms with Gasteiger partial charge in [0.1, 0.15) is 0 Å². The minimum atomic E-state index is -1.00. The molecule has 0 aliphatic carbocycles. The summed E-state index contributed by atoms with van der Waals surface area (Å²) < 4.78 is 0.